The van der Waals surface area contributed by atoms with Gasteiger partial charge in [-0.15, -0.1) is 0 Å². The van der Waals surface area contributed by atoms with E-state index in [1.54, 1.807) is 21.9 Å². The van der Waals surface area contributed by atoms with E-state index in [9.17, 15) is 20.0 Å². The maximum absolute atomic E-state index is 13.7. The smallest absolute Gasteiger partial charge is 0.246 e. The average Bonchev–Trinajstić information content (AvgIpc) is 3.25. The van der Waals surface area contributed by atoms with Gasteiger partial charge in [-0.3, -0.25) is 14.8 Å². The van der Waals surface area contributed by atoms with Gasteiger partial charge >= 0.3 is 0 Å². The number of rotatable bonds is 4. The van der Waals surface area contributed by atoms with Crippen LogP contribution >= 0.6 is 0 Å². The maximum atomic E-state index is 13.7. The summed E-state index contributed by atoms with van der Waals surface area (Å²) in [5, 5.41) is 21.4. The molecular formula is C27H23N4O4-. The second-order valence-corrected chi connectivity index (χ2v) is 9.03. The number of hydrogen-bond acceptors (Lipinski definition) is 5. The molecule has 1 saturated heterocycles. The second-order valence-electron chi connectivity index (χ2n) is 9.03. The number of aromatic nitrogens is 1. The number of anilines is 1. The summed E-state index contributed by atoms with van der Waals surface area (Å²) >= 11 is 0. The van der Waals surface area contributed by atoms with Crippen LogP contribution in [0.3, 0.4) is 0 Å². The van der Waals surface area contributed by atoms with Gasteiger partial charge < -0.3 is 25.2 Å². The average molecular weight is 468 g/mol. The van der Waals surface area contributed by atoms with E-state index in [0.29, 0.717) is 13.0 Å². The number of benzene rings is 3. The van der Waals surface area contributed by atoms with E-state index >= 15 is 0 Å². The Morgan fingerprint density at radius 3 is 2.43 bits per heavy atom. The topological polar surface area (TPSA) is 103 Å². The van der Waals surface area contributed by atoms with Gasteiger partial charge in [-0.2, -0.15) is 0 Å². The van der Waals surface area contributed by atoms with E-state index in [1.165, 1.54) is 12.1 Å². The quantitative estimate of drug-likeness (QED) is 0.445. The Hall–Kier alpha value is -4.14. The second kappa shape index (κ2) is 8.26. The molecule has 2 unspecified atom stereocenters. The highest BCUT2D eigenvalue weighted by Gasteiger charge is 2.48. The number of carbonyl (C=O) groups is 2. The third-order valence-corrected chi connectivity index (χ3v) is 6.99. The first-order valence-corrected chi connectivity index (χ1v) is 11.5. The first-order chi connectivity index (χ1) is 17.0. The molecule has 0 radical (unpaired) electrons. The number of aromatic amines is 1. The van der Waals surface area contributed by atoms with Crippen LogP contribution in [0.4, 0.5) is 5.69 Å². The normalized spacial score (nSPS) is 19.6. The Balaban J connectivity index is 1.45. The van der Waals surface area contributed by atoms with Crippen molar-refractivity contribution in [1.29, 1.82) is 0 Å². The zero-order valence-corrected chi connectivity index (χ0v) is 18.8. The van der Waals surface area contributed by atoms with Crippen LogP contribution in [0.1, 0.15) is 28.4 Å². The first-order valence-electron chi connectivity index (χ1n) is 11.5. The molecule has 176 valence electrons. The molecule has 0 saturated carbocycles. The van der Waals surface area contributed by atoms with E-state index in [4.69, 9.17) is 0 Å². The van der Waals surface area contributed by atoms with Gasteiger partial charge in [-0.1, -0.05) is 60.7 Å². The Bertz CT molecular complexity index is 1410. The predicted molar refractivity (Wildman–Crippen MR) is 130 cm³/mol. The Morgan fingerprint density at radius 2 is 1.69 bits per heavy atom. The highest BCUT2D eigenvalue weighted by molar-refractivity contribution is 5.97. The van der Waals surface area contributed by atoms with Gasteiger partial charge in [0.05, 0.1) is 11.7 Å². The third-order valence-electron chi connectivity index (χ3n) is 6.99. The van der Waals surface area contributed by atoms with E-state index in [0.717, 1.165) is 33.3 Å². The molecule has 2 atom stereocenters. The standard InChI is InChI=1S/C27H23N4O4/c32-24-16-29(15-17-6-2-1-3-7-17)27(33)23-14-21-20-8-4-5-9-22(20)28-25(21)26(30(23)24)18-10-12-19(13-11-18)31(34)35/h1-13,23,26,28,34H,14-16H2/q-1. The number of piperazine rings is 1. The fraction of sp³-hybridized carbons (Fsp3) is 0.185. The van der Waals surface area contributed by atoms with Crippen LogP contribution in [0.2, 0.25) is 0 Å². The molecular weight excluding hydrogens is 444 g/mol. The lowest BCUT2D eigenvalue weighted by atomic mass is 9.86. The Labute approximate surface area is 201 Å². The number of nitrogens with one attached hydrogen (secondary N) is 1. The number of H-pyrrole nitrogens is 1. The van der Waals surface area contributed by atoms with E-state index in [-0.39, 0.29) is 29.3 Å². The van der Waals surface area contributed by atoms with Crippen molar-refractivity contribution >= 4 is 28.4 Å². The van der Waals surface area contributed by atoms with Gasteiger partial charge in [0.25, 0.3) is 0 Å². The molecule has 0 spiro atoms. The predicted octanol–water partition coefficient (Wildman–Crippen LogP) is 3.75. The van der Waals surface area contributed by atoms with Crippen molar-refractivity contribution in [3.05, 3.63) is 106 Å². The number of nitrogens with zero attached hydrogens (tertiary/aromatic N) is 3. The fourth-order valence-electron chi connectivity index (χ4n) is 5.39. The lowest BCUT2D eigenvalue weighted by Crippen LogP contribution is -2.62. The summed E-state index contributed by atoms with van der Waals surface area (Å²) in [6.07, 6.45) is 0.425. The minimum atomic E-state index is -0.634. The minimum Gasteiger partial charge on any atom is -0.733 e. The molecule has 3 heterocycles. The first kappa shape index (κ1) is 21.4. The van der Waals surface area contributed by atoms with Gasteiger partial charge in [-0.25, -0.2) is 0 Å². The van der Waals surface area contributed by atoms with Crippen molar-refractivity contribution in [1.82, 2.24) is 14.8 Å². The van der Waals surface area contributed by atoms with Crippen molar-refractivity contribution in [2.75, 3.05) is 11.8 Å². The summed E-state index contributed by atoms with van der Waals surface area (Å²) in [6, 6.07) is 22.9. The maximum Gasteiger partial charge on any atom is 0.246 e. The molecule has 0 aliphatic carbocycles. The molecule has 35 heavy (non-hydrogen) atoms. The van der Waals surface area contributed by atoms with Crippen LogP contribution < -0.4 is 5.23 Å². The van der Waals surface area contributed by atoms with Gasteiger partial charge in [-0.05, 0) is 34.9 Å². The number of amides is 2. The van der Waals surface area contributed by atoms with Crippen LogP contribution in [0.15, 0.2) is 78.9 Å². The van der Waals surface area contributed by atoms with Crippen LogP contribution in [0.5, 0.6) is 0 Å². The molecule has 3 aromatic carbocycles. The van der Waals surface area contributed by atoms with Gasteiger partial charge in [0.2, 0.25) is 11.8 Å². The lowest BCUT2D eigenvalue weighted by molar-refractivity contribution is -0.159. The molecule has 1 fully saturated rings. The lowest BCUT2D eigenvalue weighted by Gasteiger charge is -2.47. The number of para-hydroxylation sites is 1. The molecule has 2 aliphatic heterocycles. The van der Waals surface area contributed by atoms with Crippen LogP contribution in [-0.2, 0) is 22.6 Å². The van der Waals surface area contributed by atoms with Crippen molar-refractivity contribution in [2.45, 2.75) is 25.0 Å². The van der Waals surface area contributed by atoms with E-state index in [1.807, 2.05) is 54.6 Å². The highest BCUT2D eigenvalue weighted by Crippen LogP contribution is 2.42. The van der Waals surface area contributed by atoms with Gasteiger partial charge in [0.15, 0.2) is 0 Å². The Morgan fingerprint density at radius 1 is 0.971 bits per heavy atom. The van der Waals surface area contributed by atoms with Gasteiger partial charge in [0.1, 0.15) is 12.6 Å². The molecule has 6 rings (SSSR count). The number of carbonyl (C=O) groups excluding carboxylic acids is 2. The zero-order chi connectivity index (χ0) is 24.1. The zero-order valence-electron chi connectivity index (χ0n) is 18.8. The summed E-state index contributed by atoms with van der Waals surface area (Å²) in [7, 11) is 0. The third kappa shape index (κ3) is 3.54. The van der Waals surface area contributed by atoms with Crippen LogP contribution in [-0.4, -0.2) is 44.4 Å². The minimum absolute atomic E-state index is 0.000644. The van der Waals surface area contributed by atoms with E-state index < -0.39 is 12.1 Å². The molecule has 4 aromatic rings. The van der Waals surface area contributed by atoms with Gasteiger partial charge in [0, 0.05) is 29.6 Å². The van der Waals surface area contributed by atoms with E-state index in [2.05, 4.69) is 4.98 Å². The largest absolute Gasteiger partial charge is 0.733 e. The summed E-state index contributed by atoms with van der Waals surface area (Å²) in [5.74, 6) is -0.205. The van der Waals surface area contributed by atoms with Crippen LogP contribution in [0.25, 0.3) is 10.9 Å². The SMILES string of the molecule is O=C1C2Cc3c([nH]c4ccccc34)C(c3ccc(N([O-])O)cc3)N2C(=O)CN1Cc1ccccc1. The van der Waals surface area contributed by atoms with Crippen molar-refractivity contribution in [3.63, 3.8) is 0 Å². The summed E-state index contributed by atoms with van der Waals surface area (Å²) in [4.78, 5) is 34.1. The fourth-order valence-corrected chi connectivity index (χ4v) is 5.39. The summed E-state index contributed by atoms with van der Waals surface area (Å²) < 4.78 is 0. The Kier molecular flexibility index (Phi) is 5.05. The number of hydrogen-bond donors (Lipinski definition) is 2. The molecule has 2 amide bonds. The van der Waals surface area contributed by atoms with Crippen molar-refractivity contribution in [2.24, 2.45) is 0 Å². The summed E-state index contributed by atoms with van der Waals surface area (Å²) in [6.45, 7) is 0.380. The van der Waals surface area contributed by atoms with Crippen LogP contribution in [0, 0.1) is 5.21 Å². The number of fused-ring (bicyclic) bond motifs is 4. The molecule has 1 aromatic heterocycles. The molecule has 8 heteroatoms. The summed E-state index contributed by atoms with van der Waals surface area (Å²) in [5.41, 5.74) is 4.66. The molecule has 2 aliphatic rings. The van der Waals surface area contributed by atoms with Crippen molar-refractivity contribution in [3.8, 4) is 0 Å². The monoisotopic (exact) mass is 467 g/mol. The highest BCUT2D eigenvalue weighted by atomic mass is 16.8. The molecule has 8 nitrogen and oxygen atoms in total. The van der Waals surface area contributed by atoms with Crippen molar-refractivity contribution < 1.29 is 14.8 Å². The molecule has 0 bridgehead atoms. The molecule has 2 N–H and O–H groups in total.